The molecule has 3 heterocycles. The monoisotopic (exact) mass is 317 g/mol. The molecule has 23 heavy (non-hydrogen) atoms. The Hall–Kier alpha value is -1.95. The predicted molar refractivity (Wildman–Crippen MR) is 85.3 cm³/mol. The predicted octanol–water partition coefficient (Wildman–Crippen LogP) is 1.37. The van der Waals surface area contributed by atoms with E-state index in [1.165, 1.54) is 0 Å². The van der Waals surface area contributed by atoms with E-state index in [1.54, 1.807) is 6.20 Å². The zero-order valence-corrected chi connectivity index (χ0v) is 13.6. The highest BCUT2D eigenvalue weighted by atomic mass is 16.4. The van der Waals surface area contributed by atoms with Crippen LogP contribution in [0.25, 0.3) is 0 Å². The summed E-state index contributed by atoms with van der Waals surface area (Å²) < 4.78 is 0. The minimum Gasteiger partial charge on any atom is -0.480 e. The molecule has 2 fully saturated rings. The number of aryl methyl sites for hydroxylation is 2. The largest absolute Gasteiger partial charge is 0.480 e. The summed E-state index contributed by atoms with van der Waals surface area (Å²) in [6.45, 7) is 5.95. The van der Waals surface area contributed by atoms with Gasteiger partial charge in [-0.05, 0) is 50.2 Å². The Morgan fingerprint density at radius 2 is 2.04 bits per heavy atom. The first-order valence-corrected chi connectivity index (χ1v) is 8.09. The van der Waals surface area contributed by atoms with Gasteiger partial charge in [0.2, 0.25) is 0 Å². The Bertz CT molecular complexity index is 636. The summed E-state index contributed by atoms with van der Waals surface area (Å²) >= 11 is 0. The fraction of sp³-hybridized carbons (Fsp3) is 0.588. The van der Waals surface area contributed by atoms with Crippen molar-refractivity contribution in [1.29, 1.82) is 0 Å². The molecule has 6 heteroatoms. The normalized spacial score (nSPS) is 23.2. The van der Waals surface area contributed by atoms with Gasteiger partial charge in [-0.1, -0.05) is 0 Å². The molecule has 1 aromatic rings. The lowest BCUT2D eigenvalue weighted by Crippen LogP contribution is -2.44. The molecule has 0 radical (unpaired) electrons. The molecule has 1 amide bonds. The van der Waals surface area contributed by atoms with Crippen LogP contribution in [0.15, 0.2) is 12.3 Å². The third kappa shape index (κ3) is 3.08. The quantitative estimate of drug-likeness (QED) is 0.861. The molecule has 6 nitrogen and oxygen atoms in total. The summed E-state index contributed by atoms with van der Waals surface area (Å²) in [5.41, 5.74) is 2.56. The molecule has 0 aliphatic carbocycles. The average molecular weight is 317 g/mol. The first kappa shape index (κ1) is 15.9. The van der Waals surface area contributed by atoms with E-state index in [0.717, 1.165) is 30.6 Å². The van der Waals surface area contributed by atoms with Gasteiger partial charge in [0, 0.05) is 31.5 Å². The molecule has 2 saturated heterocycles. The van der Waals surface area contributed by atoms with E-state index in [-0.39, 0.29) is 11.3 Å². The van der Waals surface area contributed by atoms with Crippen molar-refractivity contribution in [2.24, 2.45) is 5.41 Å². The number of nitrogens with one attached hydrogen (secondary N) is 1. The maximum atomic E-state index is 12.7. The second kappa shape index (κ2) is 5.92. The minimum absolute atomic E-state index is 0.0282. The summed E-state index contributed by atoms with van der Waals surface area (Å²) in [5.74, 6) is -0.743. The number of nitrogens with zero attached hydrogens (tertiary/aromatic N) is 2. The number of carboxylic acid groups (broad SMARTS) is 1. The van der Waals surface area contributed by atoms with Crippen LogP contribution in [0.1, 0.15) is 40.9 Å². The van der Waals surface area contributed by atoms with Crippen molar-refractivity contribution < 1.29 is 14.7 Å². The first-order chi connectivity index (χ1) is 10.9. The van der Waals surface area contributed by atoms with E-state index in [4.69, 9.17) is 5.11 Å². The van der Waals surface area contributed by atoms with Crippen LogP contribution in [0.2, 0.25) is 0 Å². The number of carboxylic acids is 1. The van der Waals surface area contributed by atoms with Gasteiger partial charge in [-0.3, -0.25) is 14.6 Å². The molecule has 2 N–H and O–H groups in total. The van der Waals surface area contributed by atoms with Crippen molar-refractivity contribution in [1.82, 2.24) is 15.2 Å². The summed E-state index contributed by atoms with van der Waals surface area (Å²) in [7, 11) is 0. The van der Waals surface area contributed by atoms with Crippen LogP contribution in [0.4, 0.5) is 0 Å². The Morgan fingerprint density at radius 1 is 1.35 bits per heavy atom. The van der Waals surface area contributed by atoms with Crippen LogP contribution >= 0.6 is 0 Å². The van der Waals surface area contributed by atoms with Gasteiger partial charge in [0.25, 0.3) is 5.91 Å². The van der Waals surface area contributed by atoms with Crippen LogP contribution in [-0.4, -0.2) is 52.5 Å². The molecule has 1 aromatic heterocycles. The number of aromatic nitrogens is 1. The number of carbonyl (C=O) groups excluding carboxylic acids is 1. The van der Waals surface area contributed by atoms with Crippen molar-refractivity contribution in [3.8, 4) is 0 Å². The van der Waals surface area contributed by atoms with Crippen LogP contribution < -0.4 is 5.32 Å². The number of rotatable bonds is 2. The van der Waals surface area contributed by atoms with Crippen LogP contribution in [0.5, 0.6) is 0 Å². The zero-order valence-electron chi connectivity index (χ0n) is 13.6. The number of piperidine rings is 1. The Kier molecular flexibility index (Phi) is 4.10. The third-order valence-electron chi connectivity index (χ3n) is 5.25. The van der Waals surface area contributed by atoms with Crippen molar-refractivity contribution in [3.63, 3.8) is 0 Å². The smallest absolute Gasteiger partial charge is 0.320 e. The van der Waals surface area contributed by atoms with Gasteiger partial charge in [-0.25, -0.2) is 0 Å². The molecule has 0 aromatic carbocycles. The first-order valence-electron chi connectivity index (χ1n) is 8.09. The molecule has 2 aliphatic rings. The van der Waals surface area contributed by atoms with E-state index in [9.17, 15) is 9.59 Å². The Morgan fingerprint density at radius 3 is 2.61 bits per heavy atom. The summed E-state index contributed by atoms with van der Waals surface area (Å²) in [5, 5.41) is 12.2. The number of pyridine rings is 1. The summed E-state index contributed by atoms with van der Waals surface area (Å²) in [6, 6.07) is 1.48. The molecule has 2 aliphatic heterocycles. The molecule has 124 valence electrons. The van der Waals surface area contributed by atoms with E-state index in [2.05, 4.69) is 10.3 Å². The van der Waals surface area contributed by atoms with Crippen LogP contribution in [-0.2, 0) is 4.79 Å². The van der Waals surface area contributed by atoms with Gasteiger partial charge in [0.15, 0.2) is 0 Å². The molecule has 0 bridgehead atoms. The van der Waals surface area contributed by atoms with Crippen LogP contribution in [0, 0.1) is 19.3 Å². The van der Waals surface area contributed by atoms with E-state index in [1.807, 2.05) is 24.8 Å². The Labute approximate surface area is 135 Å². The Balaban J connectivity index is 1.65. The minimum atomic E-state index is -0.776. The third-order valence-corrected chi connectivity index (χ3v) is 5.25. The fourth-order valence-electron chi connectivity index (χ4n) is 3.75. The topological polar surface area (TPSA) is 82.5 Å². The van der Waals surface area contributed by atoms with Gasteiger partial charge in [-0.2, -0.15) is 0 Å². The highest BCUT2D eigenvalue weighted by molar-refractivity contribution is 5.95. The van der Waals surface area contributed by atoms with E-state index in [0.29, 0.717) is 25.1 Å². The van der Waals surface area contributed by atoms with Gasteiger partial charge in [0.1, 0.15) is 6.04 Å². The standard InChI is InChI=1S/C17H23N3O3/c1-11-7-12(2)18-9-13(11)15(21)20-5-3-17(4-6-20)8-14(16(22)23)19-10-17/h7,9,14,19H,3-6,8,10H2,1-2H3,(H,22,23). The van der Waals surface area contributed by atoms with Gasteiger partial charge >= 0.3 is 5.97 Å². The molecule has 0 saturated carbocycles. The summed E-state index contributed by atoms with van der Waals surface area (Å²) in [4.78, 5) is 29.9. The lowest BCUT2D eigenvalue weighted by molar-refractivity contribution is -0.139. The van der Waals surface area contributed by atoms with Gasteiger partial charge < -0.3 is 15.3 Å². The summed E-state index contributed by atoms with van der Waals surface area (Å²) in [6.07, 6.45) is 4.03. The number of likely N-dealkylation sites (tertiary alicyclic amines) is 1. The lowest BCUT2D eigenvalue weighted by atomic mass is 9.76. The molecule has 3 rings (SSSR count). The SMILES string of the molecule is Cc1cc(C)c(C(=O)N2CCC3(CC2)CNC(C(=O)O)C3)cn1. The maximum absolute atomic E-state index is 12.7. The van der Waals surface area contributed by atoms with Crippen molar-refractivity contribution in [2.45, 2.75) is 39.2 Å². The average Bonchev–Trinajstić information content (AvgIpc) is 2.92. The van der Waals surface area contributed by atoms with Crippen molar-refractivity contribution in [3.05, 3.63) is 29.1 Å². The number of aliphatic carboxylic acids is 1. The van der Waals surface area contributed by atoms with Crippen molar-refractivity contribution >= 4 is 11.9 Å². The van der Waals surface area contributed by atoms with Crippen molar-refractivity contribution in [2.75, 3.05) is 19.6 Å². The number of hydrogen-bond donors (Lipinski definition) is 2. The van der Waals surface area contributed by atoms with Gasteiger partial charge in [-0.15, -0.1) is 0 Å². The number of amides is 1. The molecular formula is C17H23N3O3. The molecule has 1 unspecified atom stereocenters. The van der Waals surface area contributed by atoms with Crippen LogP contribution in [0.3, 0.4) is 0 Å². The highest BCUT2D eigenvalue weighted by Gasteiger charge is 2.44. The second-order valence-electron chi connectivity index (χ2n) is 6.91. The highest BCUT2D eigenvalue weighted by Crippen LogP contribution is 2.39. The van der Waals surface area contributed by atoms with E-state index >= 15 is 0 Å². The lowest BCUT2D eigenvalue weighted by Gasteiger charge is -2.39. The zero-order chi connectivity index (χ0) is 16.6. The molecule has 1 atom stereocenters. The number of hydrogen-bond acceptors (Lipinski definition) is 4. The molecule has 1 spiro atoms. The van der Waals surface area contributed by atoms with Gasteiger partial charge in [0.05, 0.1) is 5.56 Å². The second-order valence-corrected chi connectivity index (χ2v) is 6.91. The fourth-order valence-corrected chi connectivity index (χ4v) is 3.75. The van der Waals surface area contributed by atoms with E-state index < -0.39 is 12.0 Å². The molecular weight excluding hydrogens is 294 g/mol. The number of carbonyl (C=O) groups is 2. The maximum Gasteiger partial charge on any atom is 0.320 e.